The molecule has 1 heterocycles. The van der Waals surface area contributed by atoms with Gasteiger partial charge in [-0.2, -0.15) is 0 Å². The second kappa shape index (κ2) is 6.87. The van der Waals surface area contributed by atoms with Gasteiger partial charge in [-0.05, 0) is 43.0 Å². The van der Waals surface area contributed by atoms with Crippen LogP contribution in [-0.4, -0.2) is 30.4 Å². The van der Waals surface area contributed by atoms with E-state index in [-0.39, 0.29) is 18.3 Å². The molecule has 104 valence electrons. The SMILES string of the molecule is O=C(CNCc1cc(F)ccc1Cl)N1CCCCC1. The lowest BCUT2D eigenvalue weighted by Crippen LogP contribution is -2.40. The first kappa shape index (κ1) is 14.3. The fourth-order valence-electron chi connectivity index (χ4n) is 2.24. The Balaban J connectivity index is 1.79. The van der Waals surface area contributed by atoms with Gasteiger partial charge in [-0.15, -0.1) is 0 Å². The van der Waals surface area contributed by atoms with Crippen molar-refractivity contribution >= 4 is 17.5 Å². The number of hydrogen-bond acceptors (Lipinski definition) is 2. The van der Waals surface area contributed by atoms with Crippen LogP contribution >= 0.6 is 11.6 Å². The van der Waals surface area contributed by atoms with Crippen molar-refractivity contribution in [3.8, 4) is 0 Å². The summed E-state index contributed by atoms with van der Waals surface area (Å²) in [6.07, 6.45) is 3.37. The molecule has 0 radical (unpaired) electrons. The van der Waals surface area contributed by atoms with Crippen molar-refractivity contribution in [1.82, 2.24) is 10.2 Å². The predicted molar refractivity (Wildman–Crippen MR) is 73.5 cm³/mol. The summed E-state index contributed by atoms with van der Waals surface area (Å²) < 4.78 is 13.1. The Morgan fingerprint density at radius 3 is 2.79 bits per heavy atom. The van der Waals surface area contributed by atoms with Crippen molar-refractivity contribution in [2.24, 2.45) is 0 Å². The predicted octanol–water partition coefficient (Wildman–Crippen LogP) is 2.58. The Morgan fingerprint density at radius 1 is 1.32 bits per heavy atom. The normalized spacial score (nSPS) is 15.6. The van der Waals surface area contributed by atoms with Gasteiger partial charge in [0.2, 0.25) is 5.91 Å². The average Bonchev–Trinajstić information content (AvgIpc) is 2.43. The molecular weight excluding hydrogens is 267 g/mol. The molecule has 0 spiro atoms. The molecule has 5 heteroatoms. The first-order valence-electron chi connectivity index (χ1n) is 6.59. The number of piperidine rings is 1. The molecule has 0 saturated carbocycles. The molecule has 1 N–H and O–H groups in total. The Kier molecular flexibility index (Phi) is 5.16. The topological polar surface area (TPSA) is 32.3 Å². The Labute approximate surface area is 117 Å². The third-order valence-electron chi connectivity index (χ3n) is 3.31. The van der Waals surface area contributed by atoms with E-state index >= 15 is 0 Å². The highest BCUT2D eigenvalue weighted by molar-refractivity contribution is 6.31. The van der Waals surface area contributed by atoms with Crippen LogP contribution in [0.1, 0.15) is 24.8 Å². The second-order valence-corrected chi connectivity index (χ2v) is 5.19. The first-order chi connectivity index (χ1) is 9.16. The van der Waals surface area contributed by atoms with E-state index in [1.54, 1.807) is 0 Å². The second-order valence-electron chi connectivity index (χ2n) is 4.78. The van der Waals surface area contributed by atoms with Gasteiger partial charge in [0.25, 0.3) is 0 Å². The van der Waals surface area contributed by atoms with Crippen molar-refractivity contribution in [2.45, 2.75) is 25.8 Å². The van der Waals surface area contributed by atoms with E-state index in [0.29, 0.717) is 17.1 Å². The maximum atomic E-state index is 13.1. The molecule has 1 aliphatic rings. The van der Waals surface area contributed by atoms with Crippen LogP contribution in [0.4, 0.5) is 4.39 Å². The summed E-state index contributed by atoms with van der Waals surface area (Å²) in [6, 6.07) is 4.24. The number of rotatable bonds is 4. The largest absolute Gasteiger partial charge is 0.342 e. The van der Waals surface area contributed by atoms with Crippen molar-refractivity contribution in [3.05, 3.63) is 34.6 Å². The molecule has 1 aliphatic heterocycles. The lowest BCUT2D eigenvalue weighted by molar-refractivity contribution is -0.131. The molecule has 19 heavy (non-hydrogen) atoms. The lowest BCUT2D eigenvalue weighted by atomic mass is 10.1. The molecule has 0 unspecified atom stereocenters. The summed E-state index contributed by atoms with van der Waals surface area (Å²) in [5.74, 6) is -0.212. The number of halogens is 2. The van der Waals surface area contributed by atoms with Crippen LogP contribution < -0.4 is 5.32 Å². The molecule has 0 bridgehead atoms. The van der Waals surface area contributed by atoms with Gasteiger partial charge in [0.15, 0.2) is 0 Å². The van der Waals surface area contributed by atoms with Crippen LogP contribution in [0.25, 0.3) is 0 Å². The van der Waals surface area contributed by atoms with E-state index in [9.17, 15) is 9.18 Å². The van der Waals surface area contributed by atoms with Gasteiger partial charge in [-0.3, -0.25) is 4.79 Å². The van der Waals surface area contributed by atoms with Gasteiger partial charge in [0.1, 0.15) is 5.82 Å². The Hall–Kier alpha value is -1.13. The molecule has 1 saturated heterocycles. The first-order valence-corrected chi connectivity index (χ1v) is 6.97. The summed E-state index contributed by atoms with van der Waals surface area (Å²) >= 11 is 5.96. The van der Waals surface area contributed by atoms with Crippen LogP contribution in [0.3, 0.4) is 0 Å². The van der Waals surface area contributed by atoms with Crippen LogP contribution in [0.15, 0.2) is 18.2 Å². The van der Waals surface area contributed by atoms with Crippen molar-refractivity contribution < 1.29 is 9.18 Å². The molecular formula is C14H18ClFN2O. The number of nitrogens with zero attached hydrogens (tertiary/aromatic N) is 1. The van der Waals surface area contributed by atoms with E-state index in [1.807, 2.05) is 4.90 Å². The van der Waals surface area contributed by atoms with Crippen LogP contribution in [-0.2, 0) is 11.3 Å². The Bertz CT molecular complexity index is 447. The number of carbonyl (C=O) groups is 1. The fourth-order valence-corrected chi connectivity index (χ4v) is 2.42. The number of nitrogens with one attached hydrogen (secondary N) is 1. The van der Waals surface area contributed by atoms with Gasteiger partial charge in [-0.25, -0.2) is 4.39 Å². The number of likely N-dealkylation sites (tertiary alicyclic amines) is 1. The standard InChI is InChI=1S/C14H18ClFN2O/c15-13-5-4-12(16)8-11(13)9-17-10-14(19)18-6-2-1-3-7-18/h4-5,8,17H,1-3,6-7,9-10H2. The molecule has 0 aliphatic carbocycles. The molecule has 1 amide bonds. The van der Waals surface area contributed by atoms with Gasteiger partial charge >= 0.3 is 0 Å². The minimum Gasteiger partial charge on any atom is -0.342 e. The highest BCUT2D eigenvalue weighted by Gasteiger charge is 2.15. The summed E-state index contributed by atoms with van der Waals surface area (Å²) in [5.41, 5.74) is 0.674. The highest BCUT2D eigenvalue weighted by atomic mass is 35.5. The van der Waals surface area contributed by atoms with E-state index in [1.165, 1.54) is 24.6 Å². The maximum Gasteiger partial charge on any atom is 0.236 e. The molecule has 0 atom stereocenters. The van der Waals surface area contributed by atoms with Gasteiger partial charge in [0.05, 0.1) is 6.54 Å². The molecule has 1 fully saturated rings. The van der Waals surface area contributed by atoms with Gasteiger partial charge in [0, 0.05) is 24.7 Å². The highest BCUT2D eigenvalue weighted by Crippen LogP contribution is 2.16. The molecule has 1 aromatic carbocycles. The van der Waals surface area contributed by atoms with Crippen molar-refractivity contribution in [1.29, 1.82) is 0 Å². The average molecular weight is 285 g/mol. The zero-order valence-electron chi connectivity index (χ0n) is 10.8. The maximum absolute atomic E-state index is 13.1. The minimum atomic E-state index is -0.316. The number of amides is 1. The molecule has 2 rings (SSSR count). The summed E-state index contributed by atoms with van der Waals surface area (Å²) in [7, 11) is 0. The summed E-state index contributed by atoms with van der Waals surface area (Å²) in [5, 5.41) is 3.54. The number of benzene rings is 1. The summed E-state index contributed by atoms with van der Waals surface area (Å²) in [4.78, 5) is 13.8. The zero-order valence-corrected chi connectivity index (χ0v) is 11.5. The fraction of sp³-hybridized carbons (Fsp3) is 0.500. The minimum absolute atomic E-state index is 0.104. The Morgan fingerprint density at radius 2 is 2.05 bits per heavy atom. The van der Waals surface area contributed by atoms with Crippen LogP contribution in [0.5, 0.6) is 0 Å². The van der Waals surface area contributed by atoms with Gasteiger partial charge in [-0.1, -0.05) is 11.6 Å². The summed E-state index contributed by atoms with van der Waals surface area (Å²) in [6.45, 7) is 2.37. The number of carbonyl (C=O) groups excluding carboxylic acids is 1. The number of hydrogen-bond donors (Lipinski definition) is 1. The quantitative estimate of drug-likeness (QED) is 0.922. The van der Waals surface area contributed by atoms with E-state index < -0.39 is 0 Å². The monoisotopic (exact) mass is 284 g/mol. The molecule has 3 nitrogen and oxygen atoms in total. The van der Waals surface area contributed by atoms with Crippen LogP contribution in [0, 0.1) is 5.82 Å². The van der Waals surface area contributed by atoms with Crippen molar-refractivity contribution in [2.75, 3.05) is 19.6 Å². The van der Waals surface area contributed by atoms with Gasteiger partial charge < -0.3 is 10.2 Å². The van der Waals surface area contributed by atoms with E-state index in [0.717, 1.165) is 25.9 Å². The third-order valence-corrected chi connectivity index (χ3v) is 3.68. The third kappa shape index (κ3) is 4.18. The van der Waals surface area contributed by atoms with E-state index in [4.69, 9.17) is 11.6 Å². The smallest absolute Gasteiger partial charge is 0.236 e. The van der Waals surface area contributed by atoms with Crippen molar-refractivity contribution in [3.63, 3.8) is 0 Å². The lowest BCUT2D eigenvalue weighted by Gasteiger charge is -2.26. The molecule has 0 aromatic heterocycles. The molecule has 1 aromatic rings. The zero-order chi connectivity index (χ0) is 13.7. The van der Waals surface area contributed by atoms with E-state index in [2.05, 4.69) is 5.32 Å². The van der Waals surface area contributed by atoms with Crippen LogP contribution in [0.2, 0.25) is 5.02 Å².